The Morgan fingerprint density at radius 3 is 2.33 bits per heavy atom. The summed E-state index contributed by atoms with van der Waals surface area (Å²) in [6, 6.07) is 23.4. The number of aromatic nitrogens is 2. The van der Waals surface area contributed by atoms with Crippen molar-refractivity contribution < 1.29 is 4.79 Å². The molecule has 1 atom stereocenters. The van der Waals surface area contributed by atoms with Gasteiger partial charge in [0.05, 0.1) is 11.6 Å². The van der Waals surface area contributed by atoms with Gasteiger partial charge in [-0.15, -0.1) is 0 Å². The Balaban J connectivity index is 1.68. The van der Waals surface area contributed by atoms with Gasteiger partial charge in [0.1, 0.15) is 5.69 Å². The summed E-state index contributed by atoms with van der Waals surface area (Å²) in [6.45, 7) is 1.97. The molecule has 0 saturated heterocycles. The maximum atomic E-state index is 12.7. The van der Waals surface area contributed by atoms with Crippen LogP contribution < -0.4 is 5.32 Å². The van der Waals surface area contributed by atoms with Crippen LogP contribution >= 0.6 is 0 Å². The van der Waals surface area contributed by atoms with E-state index in [9.17, 15) is 4.79 Å². The van der Waals surface area contributed by atoms with Crippen LogP contribution in [0.3, 0.4) is 0 Å². The predicted octanol–water partition coefficient (Wildman–Crippen LogP) is 4.79. The molecule has 0 aliphatic rings. The van der Waals surface area contributed by atoms with Crippen LogP contribution in [0.1, 0.15) is 29.0 Å². The van der Waals surface area contributed by atoms with Gasteiger partial charge in [-0.25, -0.2) is 4.98 Å². The van der Waals surface area contributed by atoms with Gasteiger partial charge in [-0.2, -0.15) is 0 Å². The fourth-order valence-electron chi connectivity index (χ4n) is 3.09. The zero-order valence-corrected chi connectivity index (χ0v) is 15.0. The van der Waals surface area contributed by atoms with Crippen LogP contribution in [0, 0.1) is 0 Å². The highest BCUT2D eigenvalue weighted by atomic mass is 16.1. The van der Waals surface area contributed by atoms with Crippen molar-refractivity contribution in [1.82, 2.24) is 15.3 Å². The lowest BCUT2D eigenvalue weighted by molar-refractivity contribution is 0.0935. The summed E-state index contributed by atoms with van der Waals surface area (Å²) in [7, 11) is 0. The molecule has 0 aliphatic carbocycles. The lowest BCUT2D eigenvalue weighted by Gasteiger charge is -2.14. The minimum atomic E-state index is -0.191. The SMILES string of the molecule is C[C@H](NC(=O)c1ccc2cncc(-c3ccccc3)c2n1)c1ccccc1. The number of hydrogen-bond donors (Lipinski definition) is 1. The van der Waals surface area contributed by atoms with Crippen LogP contribution in [0.15, 0.2) is 85.2 Å². The van der Waals surface area contributed by atoms with E-state index in [4.69, 9.17) is 0 Å². The molecule has 0 spiro atoms. The molecule has 0 aliphatic heterocycles. The second-order valence-electron chi connectivity index (χ2n) is 6.43. The second kappa shape index (κ2) is 7.38. The lowest BCUT2D eigenvalue weighted by Crippen LogP contribution is -2.27. The van der Waals surface area contributed by atoms with Crippen molar-refractivity contribution in [2.24, 2.45) is 0 Å². The van der Waals surface area contributed by atoms with Crippen LogP contribution in [0.2, 0.25) is 0 Å². The molecule has 2 heterocycles. The quantitative estimate of drug-likeness (QED) is 0.574. The van der Waals surface area contributed by atoms with Crippen molar-refractivity contribution in [2.75, 3.05) is 0 Å². The van der Waals surface area contributed by atoms with Gasteiger partial charge in [0.15, 0.2) is 0 Å². The number of pyridine rings is 2. The second-order valence-corrected chi connectivity index (χ2v) is 6.43. The van der Waals surface area contributed by atoms with Gasteiger partial charge in [-0.05, 0) is 30.2 Å². The van der Waals surface area contributed by atoms with Crippen LogP contribution in [0.5, 0.6) is 0 Å². The van der Waals surface area contributed by atoms with Gasteiger partial charge in [0.2, 0.25) is 0 Å². The molecule has 0 saturated carbocycles. The summed E-state index contributed by atoms with van der Waals surface area (Å²) >= 11 is 0. The molecule has 0 fully saturated rings. The maximum absolute atomic E-state index is 12.7. The molecule has 2 aromatic carbocycles. The van der Waals surface area contributed by atoms with Crippen LogP contribution in [-0.2, 0) is 0 Å². The van der Waals surface area contributed by atoms with Crippen LogP contribution in [0.25, 0.3) is 22.0 Å². The number of nitrogens with zero attached hydrogens (tertiary/aromatic N) is 2. The fourth-order valence-corrected chi connectivity index (χ4v) is 3.09. The molecule has 4 nitrogen and oxygen atoms in total. The first-order chi connectivity index (χ1) is 13.2. The maximum Gasteiger partial charge on any atom is 0.270 e. The first-order valence-corrected chi connectivity index (χ1v) is 8.88. The molecular weight excluding hydrogens is 334 g/mol. The van der Waals surface area contributed by atoms with Crippen molar-refractivity contribution in [1.29, 1.82) is 0 Å². The number of amides is 1. The van der Waals surface area contributed by atoms with E-state index in [0.29, 0.717) is 5.69 Å². The van der Waals surface area contributed by atoms with Crippen LogP contribution in [-0.4, -0.2) is 15.9 Å². The van der Waals surface area contributed by atoms with E-state index in [-0.39, 0.29) is 11.9 Å². The number of nitrogens with one attached hydrogen (secondary N) is 1. The molecule has 1 amide bonds. The third kappa shape index (κ3) is 3.55. The normalized spacial score (nSPS) is 11.9. The topological polar surface area (TPSA) is 54.9 Å². The number of hydrogen-bond acceptors (Lipinski definition) is 3. The molecular formula is C23H19N3O. The molecule has 0 bridgehead atoms. The minimum Gasteiger partial charge on any atom is -0.344 e. The third-order valence-corrected chi connectivity index (χ3v) is 4.56. The standard InChI is InChI=1S/C23H19N3O/c1-16(17-8-4-2-5-9-17)25-23(27)21-13-12-19-14-24-15-20(22(19)26-21)18-10-6-3-7-11-18/h2-16H,1H3,(H,25,27)/t16-/m0/s1. The highest BCUT2D eigenvalue weighted by molar-refractivity contribution is 5.98. The molecule has 4 heteroatoms. The molecule has 2 aromatic heterocycles. The van der Waals surface area contributed by atoms with E-state index in [2.05, 4.69) is 15.3 Å². The molecule has 4 aromatic rings. The fraction of sp³-hybridized carbons (Fsp3) is 0.0870. The highest BCUT2D eigenvalue weighted by Crippen LogP contribution is 2.26. The van der Waals surface area contributed by atoms with E-state index in [1.165, 1.54) is 0 Å². The Kier molecular flexibility index (Phi) is 4.62. The monoisotopic (exact) mass is 353 g/mol. The molecule has 0 radical (unpaired) electrons. The van der Waals surface area contributed by atoms with Crippen molar-refractivity contribution >= 4 is 16.8 Å². The summed E-state index contributed by atoms with van der Waals surface area (Å²) in [6.07, 6.45) is 3.56. The average Bonchev–Trinajstić information content (AvgIpc) is 2.74. The number of rotatable bonds is 4. The van der Waals surface area contributed by atoms with Crippen molar-refractivity contribution in [3.8, 4) is 11.1 Å². The summed E-state index contributed by atoms with van der Waals surface area (Å²) in [5.41, 5.74) is 4.17. The average molecular weight is 353 g/mol. The molecule has 4 rings (SSSR count). The van der Waals surface area contributed by atoms with Gasteiger partial charge >= 0.3 is 0 Å². The number of carbonyl (C=O) groups excluding carboxylic acids is 1. The molecule has 0 unspecified atom stereocenters. The van der Waals surface area contributed by atoms with Gasteiger partial charge < -0.3 is 5.32 Å². The molecule has 27 heavy (non-hydrogen) atoms. The first kappa shape index (κ1) is 16.9. The zero-order valence-electron chi connectivity index (χ0n) is 15.0. The minimum absolute atomic E-state index is 0.0952. The van der Waals surface area contributed by atoms with Crippen molar-refractivity contribution in [2.45, 2.75) is 13.0 Å². The number of carbonyl (C=O) groups is 1. The Morgan fingerprint density at radius 2 is 1.59 bits per heavy atom. The zero-order chi connectivity index (χ0) is 18.6. The van der Waals surface area contributed by atoms with Crippen molar-refractivity contribution in [3.05, 3.63) is 96.4 Å². The largest absolute Gasteiger partial charge is 0.344 e. The molecule has 132 valence electrons. The summed E-state index contributed by atoms with van der Waals surface area (Å²) in [5.74, 6) is -0.191. The Morgan fingerprint density at radius 1 is 0.889 bits per heavy atom. The highest BCUT2D eigenvalue weighted by Gasteiger charge is 2.14. The van der Waals surface area contributed by atoms with Crippen molar-refractivity contribution in [3.63, 3.8) is 0 Å². The molecule has 1 N–H and O–H groups in total. The first-order valence-electron chi connectivity index (χ1n) is 8.88. The Hall–Kier alpha value is -3.53. The smallest absolute Gasteiger partial charge is 0.270 e. The lowest BCUT2D eigenvalue weighted by atomic mass is 10.0. The van der Waals surface area contributed by atoms with E-state index in [1.807, 2.05) is 73.7 Å². The van der Waals surface area contributed by atoms with Crippen LogP contribution in [0.4, 0.5) is 0 Å². The third-order valence-electron chi connectivity index (χ3n) is 4.56. The van der Waals surface area contributed by atoms with E-state index in [0.717, 1.165) is 27.6 Å². The predicted molar refractivity (Wildman–Crippen MR) is 107 cm³/mol. The summed E-state index contributed by atoms with van der Waals surface area (Å²) in [5, 5.41) is 3.93. The van der Waals surface area contributed by atoms with E-state index < -0.39 is 0 Å². The van der Waals surface area contributed by atoms with E-state index >= 15 is 0 Å². The summed E-state index contributed by atoms with van der Waals surface area (Å²) < 4.78 is 0. The Labute approximate surface area is 157 Å². The van der Waals surface area contributed by atoms with E-state index in [1.54, 1.807) is 18.5 Å². The van der Waals surface area contributed by atoms with Gasteiger partial charge in [-0.1, -0.05) is 60.7 Å². The Bertz CT molecular complexity index is 1080. The summed E-state index contributed by atoms with van der Waals surface area (Å²) in [4.78, 5) is 21.7. The van der Waals surface area contributed by atoms with Gasteiger partial charge in [0.25, 0.3) is 5.91 Å². The number of fused-ring (bicyclic) bond motifs is 1. The van der Waals surface area contributed by atoms with Gasteiger partial charge in [0, 0.05) is 23.3 Å². The number of benzene rings is 2. The van der Waals surface area contributed by atoms with Gasteiger partial charge in [-0.3, -0.25) is 9.78 Å².